The van der Waals surface area contributed by atoms with E-state index in [4.69, 9.17) is 9.47 Å². The number of aryl methyl sites for hydroxylation is 1. The number of rotatable bonds is 6. The van der Waals surface area contributed by atoms with Gasteiger partial charge in [0.25, 0.3) is 11.5 Å². The van der Waals surface area contributed by atoms with Crippen molar-refractivity contribution in [2.75, 3.05) is 14.2 Å². The van der Waals surface area contributed by atoms with Crippen molar-refractivity contribution in [2.45, 2.75) is 13.5 Å². The number of hydrogen-bond acceptors (Lipinski definition) is 6. The molecular weight excluding hydrogens is 388 g/mol. The zero-order chi connectivity index (χ0) is 21.8. The number of ether oxygens (including phenoxy) is 2. The molecule has 1 N–H and O–H groups in total. The second-order valence-corrected chi connectivity index (χ2v) is 6.60. The SMILES string of the molecule is COc1ccc(OC)c(CNC(=O)c2nn(-c3ccc(C)cc3)c(=O)n(C)c2=O)c1. The number of nitrogens with one attached hydrogen (secondary N) is 1. The first kappa shape index (κ1) is 20.8. The number of benzene rings is 2. The molecule has 0 radical (unpaired) electrons. The number of methoxy groups -OCH3 is 2. The van der Waals surface area contributed by atoms with E-state index in [1.54, 1.807) is 30.3 Å². The van der Waals surface area contributed by atoms with E-state index in [1.807, 2.05) is 19.1 Å². The van der Waals surface area contributed by atoms with E-state index in [0.717, 1.165) is 14.8 Å². The van der Waals surface area contributed by atoms with Crippen LogP contribution in [0.3, 0.4) is 0 Å². The molecule has 156 valence electrons. The predicted octanol–water partition coefficient (Wildman–Crippen LogP) is 1.19. The topological polar surface area (TPSA) is 104 Å². The van der Waals surface area contributed by atoms with Crippen molar-refractivity contribution >= 4 is 5.91 Å². The fraction of sp³-hybridized carbons (Fsp3) is 0.238. The summed E-state index contributed by atoms with van der Waals surface area (Å²) in [6, 6.07) is 12.2. The third-order valence-electron chi connectivity index (χ3n) is 4.60. The molecule has 3 aromatic rings. The van der Waals surface area contributed by atoms with E-state index < -0.39 is 17.2 Å². The Morgan fingerprint density at radius 3 is 2.40 bits per heavy atom. The number of hydrogen-bond donors (Lipinski definition) is 1. The Labute approximate surface area is 172 Å². The number of carbonyl (C=O) groups is 1. The number of aromatic nitrogens is 3. The quantitative estimate of drug-likeness (QED) is 0.655. The molecule has 0 aliphatic heterocycles. The van der Waals surface area contributed by atoms with Crippen LogP contribution in [0.4, 0.5) is 0 Å². The molecule has 0 fully saturated rings. The maximum atomic E-state index is 12.7. The molecule has 1 aromatic heterocycles. The molecule has 0 bridgehead atoms. The first-order chi connectivity index (χ1) is 14.3. The second-order valence-electron chi connectivity index (χ2n) is 6.60. The van der Waals surface area contributed by atoms with Crippen LogP contribution < -0.4 is 26.0 Å². The van der Waals surface area contributed by atoms with Crippen molar-refractivity contribution in [1.82, 2.24) is 19.7 Å². The van der Waals surface area contributed by atoms with E-state index in [-0.39, 0.29) is 12.2 Å². The minimum atomic E-state index is -0.779. The molecule has 0 aliphatic carbocycles. The van der Waals surface area contributed by atoms with Gasteiger partial charge in [-0.3, -0.25) is 14.2 Å². The summed E-state index contributed by atoms with van der Waals surface area (Å²) in [7, 11) is 4.35. The number of amides is 1. The van der Waals surface area contributed by atoms with Gasteiger partial charge >= 0.3 is 5.69 Å². The lowest BCUT2D eigenvalue weighted by atomic mass is 10.2. The average Bonchev–Trinajstić information content (AvgIpc) is 2.76. The smallest absolute Gasteiger partial charge is 0.351 e. The lowest BCUT2D eigenvalue weighted by molar-refractivity contribution is 0.0941. The summed E-state index contributed by atoms with van der Waals surface area (Å²) in [6.07, 6.45) is 0. The van der Waals surface area contributed by atoms with Crippen molar-refractivity contribution in [3.05, 3.63) is 80.1 Å². The summed E-state index contributed by atoms with van der Waals surface area (Å²) < 4.78 is 12.4. The highest BCUT2D eigenvalue weighted by Crippen LogP contribution is 2.23. The fourth-order valence-corrected chi connectivity index (χ4v) is 2.85. The van der Waals surface area contributed by atoms with E-state index in [2.05, 4.69) is 10.4 Å². The van der Waals surface area contributed by atoms with Crippen LogP contribution in [0.1, 0.15) is 21.6 Å². The molecule has 0 saturated carbocycles. The third kappa shape index (κ3) is 4.09. The van der Waals surface area contributed by atoms with Gasteiger partial charge in [-0.2, -0.15) is 9.78 Å². The Morgan fingerprint density at radius 1 is 1.07 bits per heavy atom. The monoisotopic (exact) mass is 410 g/mol. The Hall–Kier alpha value is -3.88. The first-order valence-corrected chi connectivity index (χ1v) is 9.12. The normalized spacial score (nSPS) is 10.5. The maximum Gasteiger partial charge on any atom is 0.351 e. The minimum absolute atomic E-state index is 0.0771. The molecule has 1 amide bonds. The van der Waals surface area contributed by atoms with Gasteiger partial charge in [0.1, 0.15) is 11.5 Å². The van der Waals surface area contributed by atoms with Gasteiger partial charge < -0.3 is 14.8 Å². The van der Waals surface area contributed by atoms with Crippen LogP contribution in [0, 0.1) is 6.92 Å². The van der Waals surface area contributed by atoms with Gasteiger partial charge in [0.2, 0.25) is 5.69 Å². The van der Waals surface area contributed by atoms with Crippen LogP contribution >= 0.6 is 0 Å². The van der Waals surface area contributed by atoms with E-state index >= 15 is 0 Å². The Kier molecular flexibility index (Phi) is 6.01. The van der Waals surface area contributed by atoms with Crippen LogP contribution in [0.15, 0.2) is 52.1 Å². The highest BCUT2D eigenvalue weighted by Gasteiger charge is 2.19. The number of nitrogens with zero attached hydrogens (tertiary/aromatic N) is 3. The zero-order valence-electron chi connectivity index (χ0n) is 17.1. The van der Waals surface area contributed by atoms with Crippen LogP contribution in [-0.2, 0) is 13.6 Å². The molecular formula is C21H22N4O5. The predicted molar refractivity (Wildman–Crippen MR) is 111 cm³/mol. The van der Waals surface area contributed by atoms with Crippen molar-refractivity contribution in [2.24, 2.45) is 7.05 Å². The molecule has 9 nitrogen and oxygen atoms in total. The fourth-order valence-electron chi connectivity index (χ4n) is 2.85. The molecule has 1 heterocycles. The minimum Gasteiger partial charge on any atom is -0.497 e. The maximum absolute atomic E-state index is 12.7. The standard InChI is InChI=1S/C21H22N4O5/c1-13-5-7-15(8-6-13)25-21(28)24(2)20(27)18(23-25)19(26)22-12-14-11-16(29-3)9-10-17(14)30-4/h5-11H,12H2,1-4H3,(H,22,26). The summed E-state index contributed by atoms with van der Waals surface area (Å²) in [5, 5.41) is 6.67. The van der Waals surface area contributed by atoms with Crippen molar-refractivity contribution in [3.63, 3.8) is 0 Å². The Bertz CT molecular complexity index is 1200. The van der Waals surface area contributed by atoms with Gasteiger partial charge in [-0.1, -0.05) is 17.7 Å². The van der Waals surface area contributed by atoms with Crippen molar-refractivity contribution < 1.29 is 14.3 Å². The summed E-state index contributed by atoms with van der Waals surface area (Å²) >= 11 is 0. The molecule has 3 rings (SSSR count). The van der Waals surface area contributed by atoms with Crippen molar-refractivity contribution in [1.29, 1.82) is 0 Å². The largest absolute Gasteiger partial charge is 0.497 e. The molecule has 0 saturated heterocycles. The molecule has 0 aliphatic rings. The van der Waals surface area contributed by atoms with E-state index in [1.165, 1.54) is 21.3 Å². The molecule has 0 atom stereocenters. The van der Waals surface area contributed by atoms with Gasteiger partial charge in [-0.05, 0) is 37.3 Å². The van der Waals surface area contributed by atoms with E-state index in [9.17, 15) is 14.4 Å². The van der Waals surface area contributed by atoms with Gasteiger partial charge in [0, 0.05) is 19.2 Å². The van der Waals surface area contributed by atoms with Gasteiger partial charge in [-0.15, -0.1) is 0 Å². The number of carbonyl (C=O) groups excluding carboxylic acids is 1. The van der Waals surface area contributed by atoms with Crippen LogP contribution in [-0.4, -0.2) is 34.5 Å². The summed E-state index contributed by atoms with van der Waals surface area (Å²) in [5.41, 5.74) is 0.299. The average molecular weight is 410 g/mol. The lowest BCUT2D eigenvalue weighted by Crippen LogP contribution is -2.44. The van der Waals surface area contributed by atoms with Gasteiger partial charge in [0.05, 0.1) is 19.9 Å². The van der Waals surface area contributed by atoms with Crippen LogP contribution in [0.2, 0.25) is 0 Å². The van der Waals surface area contributed by atoms with Crippen LogP contribution in [0.5, 0.6) is 11.5 Å². The van der Waals surface area contributed by atoms with Gasteiger partial charge in [-0.25, -0.2) is 4.79 Å². The van der Waals surface area contributed by atoms with Crippen LogP contribution in [0.25, 0.3) is 5.69 Å². The van der Waals surface area contributed by atoms with E-state index in [0.29, 0.717) is 22.7 Å². The summed E-state index contributed by atoms with van der Waals surface area (Å²) in [5.74, 6) is 0.449. The van der Waals surface area contributed by atoms with Crippen molar-refractivity contribution in [3.8, 4) is 17.2 Å². The zero-order valence-corrected chi connectivity index (χ0v) is 17.1. The second kappa shape index (κ2) is 8.64. The Morgan fingerprint density at radius 2 is 1.77 bits per heavy atom. The molecule has 9 heteroatoms. The highest BCUT2D eigenvalue weighted by atomic mass is 16.5. The molecule has 30 heavy (non-hydrogen) atoms. The molecule has 0 unspecified atom stereocenters. The molecule has 2 aromatic carbocycles. The lowest BCUT2D eigenvalue weighted by Gasteiger charge is -2.12. The van der Waals surface area contributed by atoms with Gasteiger partial charge in [0.15, 0.2) is 0 Å². The first-order valence-electron chi connectivity index (χ1n) is 9.12. The third-order valence-corrected chi connectivity index (χ3v) is 4.60. The highest BCUT2D eigenvalue weighted by molar-refractivity contribution is 5.91. The molecule has 0 spiro atoms. The summed E-state index contributed by atoms with van der Waals surface area (Å²) in [4.78, 5) is 37.7. The summed E-state index contributed by atoms with van der Waals surface area (Å²) in [6.45, 7) is 1.99. The Balaban J connectivity index is 1.94.